The highest BCUT2D eigenvalue weighted by Crippen LogP contribution is 2.34. The SMILES string of the molecule is O=C(CCSc1ccccc1)NC1CCOc2ccc(Br)cc21. The van der Waals surface area contributed by atoms with Crippen LogP contribution in [0.15, 0.2) is 57.9 Å². The first-order valence-corrected chi connectivity index (χ1v) is 9.40. The lowest BCUT2D eigenvalue weighted by Gasteiger charge is -2.27. The van der Waals surface area contributed by atoms with Crippen molar-refractivity contribution in [3.05, 3.63) is 58.6 Å². The van der Waals surface area contributed by atoms with Gasteiger partial charge < -0.3 is 10.1 Å². The van der Waals surface area contributed by atoms with Gasteiger partial charge in [-0.1, -0.05) is 34.1 Å². The maximum Gasteiger partial charge on any atom is 0.221 e. The number of halogens is 1. The minimum Gasteiger partial charge on any atom is -0.493 e. The summed E-state index contributed by atoms with van der Waals surface area (Å²) in [4.78, 5) is 13.4. The zero-order chi connectivity index (χ0) is 16.1. The van der Waals surface area contributed by atoms with Crippen molar-refractivity contribution in [2.75, 3.05) is 12.4 Å². The van der Waals surface area contributed by atoms with Crippen LogP contribution in [-0.2, 0) is 4.79 Å². The summed E-state index contributed by atoms with van der Waals surface area (Å²) in [7, 11) is 0. The molecule has 0 radical (unpaired) electrons. The number of amides is 1. The zero-order valence-electron chi connectivity index (χ0n) is 12.6. The van der Waals surface area contributed by atoms with Crippen molar-refractivity contribution in [2.24, 2.45) is 0 Å². The van der Waals surface area contributed by atoms with Crippen LogP contribution in [0.3, 0.4) is 0 Å². The van der Waals surface area contributed by atoms with Crippen molar-refractivity contribution in [3.63, 3.8) is 0 Å². The topological polar surface area (TPSA) is 38.3 Å². The summed E-state index contributed by atoms with van der Waals surface area (Å²) in [6.45, 7) is 0.637. The Morgan fingerprint density at radius 3 is 2.91 bits per heavy atom. The first-order valence-electron chi connectivity index (χ1n) is 7.62. The van der Waals surface area contributed by atoms with Gasteiger partial charge in [-0.15, -0.1) is 11.8 Å². The lowest BCUT2D eigenvalue weighted by atomic mass is 10.0. The third kappa shape index (κ3) is 4.52. The van der Waals surface area contributed by atoms with Gasteiger partial charge in [0.05, 0.1) is 12.6 Å². The van der Waals surface area contributed by atoms with E-state index < -0.39 is 0 Å². The normalized spacial score (nSPS) is 16.3. The molecule has 0 aliphatic carbocycles. The lowest BCUT2D eigenvalue weighted by Crippen LogP contribution is -2.32. The Labute approximate surface area is 148 Å². The third-order valence-electron chi connectivity index (χ3n) is 3.69. The molecule has 2 aromatic rings. The fraction of sp³-hybridized carbons (Fsp3) is 0.278. The molecule has 1 heterocycles. The summed E-state index contributed by atoms with van der Waals surface area (Å²) < 4.78 is 6.65. The number of fused-ring (bicyclic) bond motifs is 1. The molecular formula is C18H18BrNO2S. The summed E-state index contributed by atoms with van der Waals surface area (Å²) in [5.41, 5.74) is 1.05. The van der Waals surface area contributed by atoms with Gasteiger partial charge in [0.2, 0.25) is 5.91 Å². The molecule has 23 heavy (non-hydrogen) atoms. The zero-order valence-corrected chi connectivity index (χ0v) is 15.0. The molecular weight excluding hydrogens is 374 g/mol. The smallest absolute Gasteiger partial charge is 0.221 e. The van der Waals surface area contributed by atoms with Gasteiger partial charge in [0, 0.05) is 33.5 Å². The van der Waals surface area contributed by atoms with Gasteiger partial charge >= 0.3 is 0 Å². The van der Waals surface area contributed by atoms with Crippen molar-refractivity contribution in [3.8, 4) is 5.75 Å². The summed E-state index contributed by atoms with van der Waals surface area (Å²) >= 11 is 5.19. The van der Waals surface area contributed by atoms with E-state index in [1.165, 1.54) is 4.90 Å². The van der Waals surface area contributed by atoms with E-state index in [0.717, 1.165) is 28.0 Å². The van der Waals surface area contributed by atoms with Crippen molar-refractivity contribution >= 4 is 33.6 Å². The summed E-state index contributed by atoms with van der Waals surface area (Å²) in [6.07, 6.45) is 1.32. The molecule has 1 amide bonds. The molecule has 1 aliphatic heterocycles. The van der Waals surface area contributed by atoms with E-state index in [9.17, 15) is 4.79 Å². The average Bonchev–Trinajstić information content (AvgIpc) is 2.56. The molecule has 1 atom stereocenters. The van der Waals surface area contributed by atoms with E-state index in [2.05, 4.69) is 33.4 Å². The molecule has 0 saturated carbocycles. The van der Waals surface area contributed by atoms with Gasteiger partial charge in [-0.25, -0.2) is 0 Å². The number of rotatable bonds is 5. The van der Waals surface area contributed by atoms with Gasteiger partial charge in [0.1, 0.15) is 5.75 Å². The predicted molar refractivity (Wildman–Crippen MR) is 96.9 cm³/mol. The van der Waals surface area contributed by atoms with E-state index >= 15 is 0 Å². The molecule has 3 rings (SSSR count). The molecule has 0 spiro atoms. The Kier molecular flexibility index (Phi) is 5.62. The van der Waals surface area contributed by atoms with E-state index in [-0.39, 0.29) is 11.9 Å². The van der Waals surface area contributed by atoms with Gasteiger partial charge in [-0.2, -0.15) is 0 Å². The molecule has 0 aromatic heterocycles. The molecule has 120 valence electrons. The second-order valence-electron chi connectivity index (χ2n) is 5.35. The number of ether oxygens (including phenoxy) is 1. The number of carbonyl (C=O) groups excluding carboxylic acids is 1. The fourth-order valence-electron chi connectivity index (χ4n) is 2.56. The number of carbonyl (C=O) groups is 1. The van der Waals surface area contributed by atoms with Crippen LogP contribution in [0.1, 0.15) is 24.4 Å². The highest BCUT2D eigenvalue weighted by atomic mass is 79.9. The molecule has 5 heteroatoms. The molecule has 0 bridgehead atoms. The van der Waals surface area contributed by atoms with Crippen LogP contribution < -0.4 is 10.1 Å². The van der Waals surface area contributed by atoms with Crippen LogP contribution >= 0.6 is 27.7 Å². The highest BCUT2D eigenvalue weighted by Gasteiger charge is 2.23. The Morgan fingerprint density at radius 1 is 1.26 bits per heavy atom. The third-order valence-corrected chi connectivity index (χ3v) is 5.19. The number of thioether (sulfide) groups is 1. The van der Waals surface area contributed by atoms with Crippen LogP contribution in [-0.4, -0.2) is 18.3 Å². The van der Waals surface area contributed by atoms with Gasteiger partial charge in [-0.05, 0) is 30.3 Å². The quantitative estimate of drug-likeness (QED) is 0.758. The Hall–Kier alpha value is -1.46. The maximum absolute atomic E-state index is 12.2. The number of hydrogen-bond donors (Lipinski definition) is 1. The van der Waals surface area contributed by atoms with Crippen LogP contribution in [0.2, 0.25) is 0 Å². The van der Waals surface area contributed by atoms with E-state index in [4.69, 9.17) is 4.74 Å². The highest BCUT2D eigenvalue weighted by molar-refractivity contribution is 9.10. The lowest BCUT2D eigenvalue weighted by molar-refractivity contribution is -0.121. The second kappa shape index (κ2) is 7.88. The van der Waals surface area contributed by atoms with Crippen molar-refractivity contribution in [2.45, 2.75) is 23.8 Å². The molecule has 1 unspecified atom stereocenters. The van der Waals surface area contributed by atoms with Gasteiger partial charge in [-0.3, -0.25) is 4.79 Å². The van der Waals surface area contributed by atoms with Crippen LogP contribution in [0.4, 0.5) is 0 Å². The Balaban J connectivity index is 1.54. The van der Waals surface area contributed by atoms with Crippen LogP contribution in [0.25, 0.3) is 0 Å². The summed E-state index contributed by atoms with van der Waals surface area (Å²) in [6, 6.07) is 16.1. The predicted octanol–water partition coefficient (Wildman–Crippen LogP) is 4.57. The minimum atomic E-state index is 0.0328. The summed E-state index contributed by atoms with van der Waals surface area (Å²) in [5.74, 6) is 1.74. The van der Waals surface area contributed by atoms with Gasteiger partial charge in [0.25, 0.3) is 0 Å². The molecule has 3 nitrogen and oxygen atoms in total. The molecule has 2 aromatic carbocycles. The Bertz CT molecular complexity index is 678. The van der Waals surface area contributed by atoms with E-state index in [1.807, 2.05) is 36.4 Å². The van der Waals surface area contributed by atoms with Crippen LogP contribution in [0.5, 0.6) is 5.75 Å². The number of nitrogens with one attached hydrogen (secondary N) is 1. The summed E-state index contributed by atoms with van der Waals surface area (Å²) in [5, 5.41) is 3.14. The van der Waals surface area contributed by atoms with Crippen molar-refractivity contribution in [1.82, 2.24) is 5.32 Å². The standard InChI is InChI=1S/C18H18BrNO2S/c19-13-6-7-17-15(12-13)16(8-10-22-17)20-18(21)9-11-23-14-4-2-1-3-5-14/h1-7,12,16H,8-11H2,(H,20,21). The maximum atomic E-state index is 12.2. The number of hydrogen-bond acceptors (Lipinski definition) is 3. The Morgan fingerprint density at radius 2 is 2.09 bits per heavy atom. The second-order valence-corrected chi connectivity index (χ2v) is 7.43. The molecule has 0 saturated heterocycles. The van der Waals surface area contributed by atoms with Gasteiger partial charge in [0.15, 0.2) is 0 Å². The molecule has 1 aliphatic rings. The molecule has 0 fully saturated rings. The number of benzene rings is 2. The monoisotopic (exact) mass is 391 g/mol. The van der Waals surface area contributed by atoms with E-state index in [0.29, 0.717) is 13.0 Å². The van der Waals surface area contributed by atoms with Crippen molar-refractivity contribution < 1.29 is 9.53 Å². The largest absolute Gasteiger partial charge is 0.493 e. The first kappa shape index (κ1) is 16.4. The van der Waals surface area contributed by atoms with Crippen molar-refractivity contribution in [1.29, 1.82) is 0 Å². The van der Waals surface area contributed by atoms with E-state index in [1.54, 1.807) is 11.8 Å². The minimum absolute atomic E-state index is 0.0328. The fourth-order valence-corrected chi connectivity index (χ4v) is 3.81. The average molecular weight is 392 g/mol. The first-order chi connectivity index (χ1) is 11.2. The van der Waals surface area contributed by atoms with Crippen LogP contribution in [0, 0.1) is 0 Å². The molecule has 1 N–H and O–H groups in total.